The summed E-state index contributed by atoms with van der Waals surface area (Å²) in [6.45, 7) is 2.17. The molecule has 0 heterocycles. The van der Waals surface area contributed by atoms with Crippen LogP contribution in [0.4, 0.5) is 0 Å². The predicted octanol–water partition coefficient (Wildman–Crippen LogP) is 4.40. The van der Waals surface area contributed by atoms with Crippen molar-refractivity contribution in [2.24, 2.45) is 0 Å². The van der Waals surface area contributed by atoms with Gasteiger partial charge in [-0.3, -0.25) is 0 Å². The van der Waals surface area contributed by atoms with E-state index in [0.29, 0.717) is 0 Å². The number of unbranched alkanes of at least 4 members (excludes halogenated alkanes) is 2. The lowest BCUT2D eigenvalue weighted by Crippen LogP contribution is -2.00. The van der Waals surface area contributed by atoms with E-state index in [1.54, 1.807) is 0 Å². The van der Waals surface area contributed by atoms with Crippen molar-refractivity contribution in [3.05, 3.63) is 40.4 Å². The average Bonchev–Trinajstić information content (AvgIpc) is 2.27. The van der Waals surface area contributed by atoms with Crippen LogP contribution in [0, 0.1) is 0 Å². The second-order valence-electron chi connectivity index (χ2n) is 3.98. The van der Waals surface area contributed by atoms with Gasteiger partial charge in [0, 0.05) is 4.47 Å². The van der Waals surface area contributed by atoms with Crippen LogP contribution in [-0.4, -0.2) is 11.2 Å². The first kappa shape index (κ1) is 13.5. The maximum atomic E-state index is 9.71. The molecule has 0 saturated carbocycles. The highest BCUT2D eigenvalue weighted by Gasteiger charge is 1.98. The fourth-order valence-electron chi connectivity index (χ4n) is 1.53. The summed E-state index contributed by atoms with van der Waals surface area (Å²) in [7, 11) is 0. The highest BCUT2D eigenvalue weighted by atomic mass is 79.9. The molecule has 1 nitrogen and oxygen atoms in total. The number of benzene rings is 1. The Labute approximate surface area is 106 Å². The van der Waals surface area contributed by atoms with Crippen LogP contribution in [0.15, 0.2) is 34.8 Å². The third-order valence-electron chi connectivity index (χ3n) is 2.46. The van der Waals surface area contributed by atoms with Gasteiger partial charge in [-0.2, -0.15) is 0 Å². The van der Waals surface area contributed by atoms with Gasteiger partial charge in [0.05, 0.1) is 6.10 Å². The van der Waals surface area contributed by atoms with Crippen LogP contribution in [0.3, 0.4) is 0 Å². The number of aliphatic hydroxyl groups is 1. The van der Waals surface area contributed by atoms with Crippen molar-refractivity contribution in [2.75, 3.05) is 0 Å². The summed E-state index contributed by atoms with van der Waals surface area (Å²) in [6.07, 6.45) is 7.88. The monoisotopic (exact) mass is 282 g/mol. The molecule has 0 radical (unpaired) electrons. The summed E-state index contributed by atoms with van der Waals surface area (Å²) in [5.74, 6) is 0. The topological polar surface area (TPSA) is 20.2 Å². The Hall–Kier alpha value is -0.600. The minimum absolute atomic E-state index is 0.314. The SMILES string of the molecule is CCCCC[C@@H](O)/C=C/c1cccc(Br)c1. The van der Waals surface area contributed by atoms with E-state index in [1.807, 2.05) is 36.4 Å². The smallest absolute Gasteiger partial charge is 0.0724 e. The first-order valence-electron chi connectivity index (χ1n) is 5.84. The third-order valence-corrected chi connectivity index (χ3v) is 2.96. The normalized spacial score (nSPS) is 13.2. The van der Waals surface area contributed by atoms with E-state index < -0.39 is 0 Å². The average molecular weight is 283 g/mol. The van der Waals surface area contributed by atoms with Gasteiger partial charge in [-0.25, -0.2) is 0 Å². The number of halogens is 1. The molecule has 88 valence electrons. The highest BCUT2D eigenvalue weighted by molar-refractivity contribution is 9.10. The molecule has 1 N–H and O–H groups in total. The third kappa shape index (κ3) is 5.47. The van der Waals surface area contributed by atoms with Gasteiger partial charge < -0.3 is 5.11 Å². The van der Waals surface area contributed by atoms with E-state index >= 15 is 0 Å². The summed E-state index contributed by atoms with van der Waals surface area (Å²) < 4.78 is 1.06. The molecule has 0 aliphatic heterocycles. The predicted molar refractivity (Wildman–Crippen MR) is 73.3 cm³/mol. The van der Waals surface area contributed by atoms with Crippen molar-refractivity contribution >= 4 is 22.0 Å². The standard InChI is InChI=1S/C14H19BrO/c1-2-3-4-8-14(16)10-9-12-6-5-7-13(15)11-12/h5-7,9-11,14,16H,2-4,8H2,1H3/b10-9+/t14-/m1/s1. The summed E-state index contributed by atoms with van der Waals surface area (Å²) in [5, 5.41) is 9.71. The van der Waals surface area contributed by atoms with Gasteiger partial charge in [-0.15, -0.1) is 0 Å². The van der Waals surface area contributed by atoms with Gasteiger partial charge in [-0.1, -0.05) is 66.4 Å². The lowest BCUT2D eigenvalue weighted by atomic mass is 10.1. The molecule has 0 aromatic heterocycles. The fourth-order valence-corrected chi connectivity index (χ4v) is 1.95. The first-order chi connectivity index (χ1) is 7.72. The molecule has 0 aliphatic carbocycles. The minimum atomic E-state index is -0.314. The van der Waals surface area contributed by atoms with Crippen molar-refractivity contribution in [3.8, 4) is 0 Å². The largest absolute Gasteiger partial charge is 0.389 e. The Morgan fingerprint density at radius 2 is 2.19 bits per heavy atom. The molecular weight excluding hydrogens is 264 g/mol. The summed E-state index contributed by atoms with van der Waals surface area (Å²) in [6, 6.07) is 8.05. The molecule has 0 bridgehead atoms. The lowest BCUT2D eigenvalue weighted by molar-refractivity contribution is 0.209. The molecule has 1 rings (SSSR count). The minimum Gasteiger partial charge on any atom is -0.389 e. The zero-order valence-electron chi connectivity index (χ0n) is 9.70. The van der Waals surface area contributed by atoms with E-state index in [4.69, 9.17) is 0 Å². The Balaban J connectivity index is 2.40. The van der Waals surface area contributed by atoms with Crippen LogP contribution in [0.5, 0.6) is 0 Å². The van der Waals surface area contributed by atoms with Crippen LogP contribution >= 0.6 is 15.9 Å². The van der Waals surface area contributed by atoms with Gasteiger partial charge in [0.25, 0.3) is 0 Å². The van der Waals surface area contributed by atoms with E-state index in [9.17, 15) is 5.11 Å². The van der Waals surface area contributed by atoms with Crippen molar-refractivity contribution in [1.82, 2.24) is 0 Å². The molecule has 0 spiro atoms. The molecular formula is C14H19BrO. The van der Waals surface area contributed by atoms with Crippen molar-refractivity contribution in [2.45, 2.75) is 38.7 Å². The number of hydrogen-bond donors (Lipinski definition) is 1. The van der Waals surface area contributed by atoms with Crippen molar-refractivity contribution in [1.29, 1.82) is 0 Å². The van der Waals surface area contributed by atoms with Gasteiger partial charge in [0.15, 0.2) is 0 Å². The number of aliphatic hydroxyl groups excluding tert-OH is 1. The molecule has 1 aromatic carbocycles. The summed E-state index contributed by atoms with van der Waals surface area (Å²) in [5.41, 5.74) is 1.11. The zero-order chi connectivity index (χ0) is 11.8. The second-order valence-corrected chi connectivity index (χ2v) is 4.89. The van der Waals surface area contributed by atoms with Gasteiger partial charge in [0.2, 0.25) is 0 Å². The quantitative estimate of drug-likeness (QED) is 0.767. The number of hydrogen-bond acceptors (Lipinski definition) is 1. The molecule has 0 aliphatic rings. The van der Waals surface area contributed by atoms with Crippen molar-refractivity contribution in [3.63, 3.8) is 0 Å². The van der Waals surface area contributed by atoms with E-state index in [1.165, 1.54) is 12.8 Å². The molecule has 1 aromatic rings. The Morgan fingerprint density at radius 1 is 1.38 bits per heavy atom. The molecule has 2 heteroatoms. The van der Waals surface area contributed by atoms with E-state index in [2.05, 4.69) is 22.9 Å². The second kappa shape index (κ2) is 7.64. The van der Waals surface area contributed by atoms with Crippen LogP contribution in [0.1, 0.15) is 38.2 Å². The van der Waals surface area contributed by atoms with Crippen LogP contribution in [0.25, 0.3) is 6.08 Å². The molecule has 16 heavy (non-hydrogen) atoms. The van der Waals surface area contributed by atoms with Gasteiger partial charge in [0.1, 0.15) is 0 Å². The van der Waals surface area contributed by atoms with E-state index in [-0.39, 0.29) is 6.10 Å². The highest BCUT2D eigenvalue weighted by Crippen LogP contribution is 2.13. The van der Waals surface area contributed by atoms with Crippen LogP contribution in [-0.2, 0) is 0 Å². The first-order valence-corrected chi connectivity index (χ1v) is 6.63. The van der Waals surface area contributed by atoms with E-state index in [0.717, 1.165) is 22.9 Å². The summed E-state index contributed by atoms with van der Waals surface area (Å²) in [4.78, 5) is 0. The Bertz CT molecular complexity index is 333. The van der Waals surface area contributed by atoms with Gasteiger partial charge >= 0.3 is 0 Å². The van der Waals surface area contributed by atoms with Gasteiger partial charge in [-0.05, 0) is 24.1 Å². The molecule has 0 fully saturated rings. The molecule has 0 saturated heterocycles. The van der Waals surface area contributed by atoms with Crippen LogP contribution in [0.2, 0.25) is 0 Å². The maximum Gasteiger partial charge on any atom is 0.0724 e. The Kier molecular flexibility index (Phi) is 6.43. The Morgan fingerprint density at radius 3 is 2.88 bits per heavy atom. The molecule has 0 unspecified atom stereocenters. The van der Waals surface area contributed by atoms with Crippen LogP contribution < -0.4 is 0 Å². The molecule has 1 atom stereocenters. The fraction of sp³-hybridized carbons (Fsp3) is 0.429. The lowest BCUT2D eigenvalue weighted by Gasteiger charge is -2.04. The summed E-state index contributed by atoms with van der Waals surface area (Å²) >= 11 is 3.42. The van der Waals surface area contributed by atoms with Crippen molar-refractivity contribution < 1.29 is 5.11 Å². The maximum absolute atomic E-state index is 9.71. The number of rotatable bonds is 6. The zero-order valence-corrected chi connectivity index (χ0v) is 11.3. The molecule has 0 amide bonds.